The molecule has 1 aliphatic rings. The second-order valence-electron chi connectivity index (χ2n) is 5.93. The van der Waals surface area contributed by atoms with Gasteiger partial charge in [-0.05, 0) is 29.7 Å². The van der Waals surface area contributed by atoms with Crippen LogP contribution in [0.1, 0.15) is 16.9 Å². The Morgan fingerprint density at radius 2 is 2.12 bits per heavy atom. The van der Waals surface area contributed by atoms with Crippen molar-refractivity contribution in [1.82, 2.24) is 15.1 Å². The van der Waals surface area contributed by atoms with Gasteiger partial charge in [0.1, 0.15) is 5.76 Å². The molecule has 0 atom stereocenters. The summed E-state index contributed by atoms with van der Waals surface area (Å²) in [4.78, 5) is 14.4. The van der Waals surface area contributed by atoms with Crippen molar-refractivity contribution in [2.24, 2.45) is 0 Å². The van der Waals surface area contributed by atoms with Gasteiger partial charge in [-0.25, -0.2) is 0 Å². The maximum Gasteiger partial charge on any atom is 0.233 e. The zero-order chi connectivity index (χ0) is 17.8. The van der Waals surface area contributed by atoms with E-state index in [1.807, 2.05) is 23.1 Å². The molecule has 2 aromatic heterocycles. The van der Waals surface area contributed by atoms with Crippen molar-refractivity contribution in [2.45, 2.75) is 23.8 Å². The molecule has 0 saturated carbocycles. The fourth-order valence-corrected chi connectivity index (χ4v) is 4.49. The molecular weight excluding hydrogens is 368 g/mol. The van der Waals surface area contributed by atoms with E-state index in [2.05, 4.69) is 33.7 Å². The lowest BCUT2D eigenvalue weighted by atomic mass is 10.00. The third kappa shape index (κ3) is 4.08. The van der Waals surface area contributed by atoms with Gasteiger partial charge in [-0.1, -0.05) is 47.4 Å². The molecule has 0 fully saturated rings. The molecule has 1 aliphatic heterocycles. The summed E-state index contributed by atoms with van der Waals surface area (Å²) in [5.41, 5.74) is 2.60. The Bertz CT molecular complexity index is 879. The van der Waals surface area contributed by atoms with Crippen molar-refractivity contribution in [3.05, 3.63) is 59.5 Å². The van der Waals surface area contributed by atoms with Crippen LogP contribution in [-0.4, -0.2) is 33.3 Å². The first-order valence-corrected chi connectivity index (χ1v) is 10.2. The second kappa shape index (κ2) is 7.92. The predicted octanol–water partition coefficient (Wildman–Crippen LogP) is 3.42. The number of rotatable bonds is 6. The number of nitrogens with one attached hydrogen (secondary N) is 1. The van der Waals surface area contributed by atoms with Crippen LogP contribution in [0.3, 0.4) is 0 Å². The van der Waals surface area contributed by atoms with E-state index in [1.54, 1.807) is 6.26 Å². The van der Waals surface area contributed by atoms with Gasteiger partial charge in [0, 0.05) is 13.1 Å². The first-order chi connectivity index (χ1) is 12.8. The number of hydrogen-bond donors (Lipinski definition) is 1. The Kier molecular flexibility index (Phi) is 5.21. The number of benzene rings is 1. The molecule has 0 saturated heterocycles. The number of carbonyl (C=O) groups is 1. The van der Waals surface area contributed by atoms with Crippen LogP contribution in [0.4, 0.5) is 5.13 Å². The zero-order valence-corrected chi connectivity index (χ0v) is 15.7. The fraction of sp³-hybridized carbons (Fsp3) is 0.278. The summed E-state index contributed by atoms with van der Waals surface area (Å²) in [6.45, 7) is 2.04. The van der Waals surface area contributed by atoms with Crippen molar-refractivity contribution < 1.29 is 9.21 Å². The monoisotopic (exact) mass is 386 g/mol. The van der Waals surface area contributed by atoms with Crippen molar-refractivity contribution in [2.75, 3.05) is 17.6 Å². The van der Waals surface area contributed by atoms with E-state index in [4.69, 9.17) is 4.42 Å². The van der Waals surface area contributed by atoms with E-state index in [0.717, 1.165) is 28.2 Å². The molecule has 0 radical (unpaired) electrons. The van der Waals surface area contributed by atoms with Gasteiger partial charge in [-0.15, -0.1) is 10.2 Å². The van der Waals surface area contributed by atoms with Gasteiger partial charge in [0.05, 0.1) is 18.6 Å². The minimum atomic E-state index is 0.143. The number of hydrogen-bond acceptors (Lipinski definition) is 7. The topological polar surface area (TPSA) is 71.3 Å². The van der Waals surface area contributed by atoms with Crippen LogP contribution in [-0.2, 0) is 24.3 Å². The molecule has 0 aliphatic carbocycles. The third-order valence-corrected chi connectivity index (χ3v) is 6.20. The van der Waals surface area contributed by atoms with Crippen molar-refractivity contribution in [3.8, 4) is 0 Å². The Labute approximate surface area is 159 Å². The molecule has 0 bridgehead atoms. The summed E-state index contributed by atoms with van der Waals surface area (Å²) in [6, 6.07) is 12.1. The summed E-state index contributed by atoms with van der Waals surface area (Å²) in [5, 5.41) is 12.1. The predicted molar refractivity (Wildman–Crippen MR) is 102 cm³/mol. The minimum Gasteiger partial charge on any atom is -0.467 e. The van der Waals surface area contributed by atoms with Crippen LogP contribution >= 0.6 is 23.1 Å². The van der Waals surface area contributed by atoms with E-state index >= 15 is 0 Å². The van der Waals surface area contributed by atoms with Gasteiger partial charge >= 0.3 is 0 Å². The molecule has 4 rings (SSSR count). The lowest BCUT2D eigenvalue weighted by Gasteiger charge is -2.28. The summed E-state index contributed by atoms with van der Waals surface area (Å²) in [5.74, 6) is 1.37. The lowest BCUT2D eigenvalue weighted by Crippen LogP contribution is -2.37. The largest absolute Gasteiger partial charge is 0.467 e. The van der Waals surface area contributed by atoms with Crippen molar-refractivity contribution in [3.63, 3.8) is 0 Å². The summed E-state index contributed by atoms with van der Waals surface area (Å²) < 4.78 is 6.06. The van der Waals surface area contributed by atoms with Crippen LogP contribution in [0.25, 0.3) is 0 Å². The van der Waals surface area contributed by atoms with Gasteiger partial charge in [0.15, 0.2) is 4.34 Å². The van der Waals surface area contributed by atoms with Gasteiger partial charge in [-0.2, -0.15) is 0 Å². The Morgan fingerprint density at radius 3 is 2.96 bits per heavy atom. The Hall–Kier alpha value is -2.32. The highest BCUT2D eigenvalue weighted by atomic mass is 32.2. The van der Waals surface area contributed by atoms with Crippen LogP contribution in [0.2, 0.25) is 0 Å². The molecule has 1 N–H and O–H groups in total. The summed E-state index contributed by atoms with van der Waals surface area (Å²) >= 11 is 2.89. The number of aromatic nitrogens is 2. The molecular formula is C18H18N4O2S2. The average Bonchev–Trinajstić information content (AvgIpc) is 3.36. The van der Waals surface area contributed by atoms with E-state index in [1.165, 1.54) is 34.2 Å². The third-order valence-electron chi connectivity index (χ3n) is 4.20. The normalized spacial score (nSPS) is 13.5. The molecule has 3 aromatic rings. The van der Waals surface area contributed by atoms with Gasteiger partial charge in [-0.3, -0.25) is 4.79 Å². The van der Waals surface area contributed by atoms with Gasteiger partial charge in [0.25, 0.3) is 0 Å². The first kappa shape index (κ1) is 17.1. The Morgan fingerprint density at radius 1 is 1.23 bits per heavy atom. The second-order valence-corrected chi connectivity index (χ2v) is 8.13. The Balaban J connectivity index is 1.27. The molecule has 1 aromatic carbocycles. The van der Waals surface area contributed by atoms with E-state index in [9.17, 15) is 4.79 Å². The maximum absolute atomic E-state index is 12.5. The molecule has 3 heterocycles. The lowest BCUT2D eigenvalue weighted by molar-refractivity contribution is -0.129. The molecule has 6 nitrogen and oxygen atoms in total. The van der Waals surface area contributed by atoms with Gasteiger partial charge < -0.3 is 14.6 Å². The number of fused-ring (bicyclic) bond motifs is 1. The minimum absolute atomic E-state index is 0.143. The van der Waals surface area contributed by atoms with Crippen molar-refractivity contribution >= 4 is 34.1 Å². The van der Waals surface area contributed by atoms with Crippen LogP contribution in [0, 0.1) is 0 Å². The number of carbonyl (C=O) groups excluding carboxylic acids is 1. The molecule has 0 spiro atoms. The van der Waals surface area contributed by atoms with E-state index in [0.29, 0.717) is 18.8 Å². The average molecular weight is 387 g/mol. The smallest absolute Gasteiger partial charge is 0.233 e. The zero-order valence-electron chi connectivity index (χ0n) is 14.1. The van der Waals surface area contributed by atoms with E-state index < -0.39 is 0 Å². The van der Waals surface area contributed by atoms with Crippen LogP contribution in [0.5, 0.6) is 0 Å². The molecule has 26 heavy (non-hydrogen) atoms. The number of amides is 1. The fourth-order valence-electron chi connectivity index (χ4n) is 2.84. The maximum atomic E-state index is 12.5. The molecule has 0 unspecified atom stereocenters. The number of anilines is 1. The van der Waals surface area contributed by atoms with E-state index in [-0.39, 0.29) is 5.91 Å². The highest BCUT2D eigenvalue weighted by Crippen LogP contribution is 2.27. The summed E-state index contributed by atoms with van der Waals surface area (Å²) in [7, 11) is 0. The number of furan rings is 1. The number of thioether (sulfide) groups is 1. The quantitative estimate of drug-likeness (QED) is 0.655. The van der Waals surface area contributed by atoms with Crippen LogP contribution < -0.4 is 5.32 Å². The summed E-state index contributed by atoms with van der Waals surface area (Å²) in [6.07, 6.45) is 2.56. The number of nitrogens with zero attached hydrogens (tertiary/aromatic N) is 3. The standard InChI is InChI=1S/C18H18N4O2S2/c23-16(22-8-7-13-4-1-2-5-14(13)11-22)12-25-18-21-20-17(26-18)19-10-15-6-3-9-24-15/h1-6,9H,7-8,10-12H2,(H,19,20). The SMILES string of the molecule is O=C(CSc1nnc(NCc2ccco2)s1)N1CCc2ccccc2C1. The van der Waals surface area contributed by atoms with Crippen LogP contribution in [0.15, 0.2) is 51.4 Å². The molecule has 134 valence electrons. The highest BCUT2D eigenvalue weighted by Gasteiger charge is 2.20. The highest BCUT2D eigenvalue weighted by molar-refractivity contribution is 8.01. The van der Waals surface area contributed by atoms with Gasteiger partial charge in [0.2, 0.25) is 11.0 Å². The molecule has 8 heteroatoms. The van der Waals surface area contributed by atoms with Crippen molar-refractivity contribution in [1.29, 1.82) is 0 Å². The molecule has 1 amide bonds. The first-order valence-electron chi connectivity index (χ1n) is 8.35.